The van der Waals surface area contributed by atoms with Gasteiger partial charge in [-0.25, -0.2) is 0 Å². The Labute approximate surface area is 157 Å². The molecule has 25 heavy (non-hydrogen) atoms. The van der Waals surface area contributed by atoms with Gasteiger partial charge in [-0.05, 0) is 48.6 Å². The number of benzene rings is 1. The minimum absolute atomic E-state index is 0.0337. The molecule has 1 heterocycles. The molecule has 0 radical (unpaired) electrons. The number of hydrogen-bond acceptors (Lipinski definition) is 3. The molecule has 4 nitrogen and oxygen atoms in total. The number of aromatic nitrogens is 1. The first kappa shape index (κ1) is 18.2. The molecule has 6 heteroatoms. The molecule has 2 N–H and O–H groups in total. The molecule has 1 aliphatic carbocycles. The van der Waals surface area contributed by atoms with Crippen molar-refractivity contribution in [2.75, 3.05) is 0 Å². The Kier molecular flexibility index (Phi) is 5.94. The Balaban J connectivity index is 1.64. The molecule has 0 unspecified atom stereocenters. The van der Waals surface area contributed by atoms with Crippen molar-refractivity contribution in [2.24, 2.45) is 5.92 Å². The van der Waals surface area contributed by atoms with Crippen molar-refractivity contribution in [3.8, 4) is 0 Å². The van der Waals surface area contributed by atoms with E-state index < -0.39 is 0 Å². The lowest BCUT2D eigenvalue weighted by Crippen LogP contribution is -2.48. The molecule has 0 saturated heterocycles. The highest BCUT2D eigenvalue weighted by molar-refractivity contribution is 6.42. The summed E-state index contributed by atoms with van der Waals surface area (Å²) in [5.74, 6) is 0.204. The summed E-state index contributed by atoms with van der Waals surface area (Å²) in [7, 11) is 0. The number of nitrogens with zero attached hydrogens (tertiary/aromatic N) is 1. The first-order chi connectivity index (χ1) is 12.0. The second kappa shape index (κ2) is 8.17. The van der Waals surface area contributed by atoms with Crippen molar-refractivity contribution < 1.29 is 9.90 Å². The van der Waals surface area contributed by atoms with Crippen LogP contribution < -0.4 is 5.32 Å². The number of carbonyl (C=O) groups excluding carboxylic acids is 1. The van der Waals surface area contributed by atoms with E-state index in [-0.39, 0.29) is 30.4 Å². The van der Waals surface area contributed by atoms with E-state index in [2.05, 4.69) is 10.3 Å². The van der Waals surface area contributed by atoms with Gasteiger partial charge in [0.1, 0.15) is 0 Å². The summed E-state index contributed by atoms with van der Waals surface area (Å²) in [6, 6.07) is 10.9. The normalized spacial score (nSPS) is 20.6. The standard InChI is InChI=1S/C19H20Cl2N2O2/c20-16-5-4-12(7-17(16)21)8-19(25)23-18(13-9-15(24)10-13)11-14-3-1-2-6-22-14/h1-7,13,15,18,24H,8-11H2,(H,23,25)/t13?,15?,18-/m0/s1. The second-order valence-electron chi connectivity index (χ2n) is 6.51. The zero-order chi connectivity index (χ0) is 17.8. The maximum Gasteiger partial charge on any atom is 0.224 e. The molecule has 1 aromatic carbocycles. The highest BCUT2D eigenvalue weighted by Crippen LogP contribution is 2.31. The van der Waals surface area contributed by atoms with Crippen LogP contribution in [0.4, 0.5) is 0 Å². The lowest BCUT2D eigenvalue weighted by Gasteiger charge is -2.38. The van der Waals surface area contributed by atoms with Crippen LogP contribution in [0.25, 0.3) is 0 Å². The van der Waals surface area contributed by atoms with Crippen LogP contribution in [0.3, 0.4) is 0 Å². The third kappa shape index (κ3) is 4.94. The minimum atomic E-state index is -0.261. The first-order valence-corrected chi connectivity index (χ1v) is 9.08. The number of hydrogen-bond donors (Lipinski definition) is 2. The van der Waals surface area contributed by atoms with Gasteiger partial charge in [0, 0.05) is 24.4 Å². The van der Waals surface area contributed by atoms with E-state index in [0.29, 0.717) is 29.3 Å². The van der Waals surface area contributed by atoms with Crippen LogP contribution in [0.2, 0.25) is 10.0 Å². The molecular weight excluding hydrogens is 359 g/mol. The topological polar surface area (TPSA) is 62.2 Å². The van der Waals surface area contributed by atoms with E-state index >= 15 is 0 Å². The average molecular weight is 379 g/mol. The fraction of sp³-hybridized carbons (Fsp3) is 0.368. The second-order valence-corrected chi connectivity index (χ2v) is 7.32. The summed E-state index contributed by atoms with van der Waals surface area (Å²) >= 11 is 11.9. The van der Waals surface area contributed by atoms with Gasteiger partial charge in [-0.1, -0.05) is 35.3 Å². The Morgan fingerprint density at radius 1 is 1.24 bits per heavy atom. The maximum atomic E-state index is 12.5. The van der Waals surface area contributed by atoms with Gasteiger partial charge < -0.3 is 10.4 Å². The van der Waals surface area contributed by atoms with Gasteiger partial charge in [0.2, 0.25) is 5.91 Å². The Hall–Kier alpha value is -1.62. The Morgan fingerprint density at radius 2 is 2.04 bits per heavy atom. The van der Waals surface area contributed by atoms with Gasteiger partial charge in [0.05, 0.1) is 22.6 Å². The summed E-state index contributed by atoms with van der Waals surface area (Å²) in [6.45, 7) is 0. The predicted octanol–water partition coefficient (Wildman–Crippen LogP) is 3.43. The van der Waals surface area contributed by atoms with Crippen LogP contribution in [-0.4, -0.2) is 28.1 Å². The van der Waals surface area contributed by atoms with E-state index in [9.17, 15) is 9.90 Å². The Bertz CT molecular complexity index is 733. The minimum Gasteiger partial charge on any atom is -0.393 e. The molecule has 1 aromatic heterocycles. The highest BCUT2D eigenvalue weighted by atomic mass is 35.5. The number of pyridine rings is 1. The van der Waals surface area contributed by atoms with Crippen molar-refractivity contribution in [1.29, 1.82) is 0 Å². The van der Waals surface area contributed by atoms with E-state index in [1.807, 2.05) is 18.2 Å². The molecule has 1 atom stereocenters. The van der Waals surface area contributed by atoms with Crippen molar-refractivity contribution in [3.63, 3.8) is 0 Å². The van der Waals surface area contributed by atoms with Crippen LogP contribution in [-0.2, 0) is 17.6 Å². The van der Waals surface area contributed by atoms with Crippen LogP contribution in [0.5, 0.6) is 0 Å². The molecule has 2 aromatic rings. The molecule has 3 rings (SSSR count). The van der Waals surface area contributed by atoms with Gasteiger partial charge >= 0.3 is 0 Å². The zero-order valence-electron chi connectivity index (χ0n) is 13.7. The van der Waals surface area contributed by atoms with Gasteiger partial charge in [0.15, 0.2) is 0 Å². The number of aliphatic hydroxyl groups excluding tert-OH is 1. The summed E-state index contributed by atoms with van der Waals surface area (Å²) in [5, 5.41) is 13.6. The molecule has 0 spiro atoms. The lowest BCUT2D eigenvalue weighted by molar-refractivity contribution is -0.122. The van der Waals surface area contributed by atoms with E-state index in [4.69, 9.17) is 23.2 Å². The molecule has 132 valence electrons. The van der Waals surface area contributed by atoms with Crippen molar-refractivity contribution in [3.05, 3.63) is 63.9 Å². The molecule has 1 aliphatic rings. The average Bonchev–Trinajstić information content (AvgIpc) is 2.56. The number of amides is 1. The number of carbonyl (C=O) groups is 1. The van der Waals surface area contributed by atoms with Crippen molar-refractivity contribution in [1.82, 2.24) is 10.3 Å². The molecule has 1 amide bonds. The summed E-state index contributed by atoms with van der Waals surface area (Å²) in [4.78, 5) is 16.8. The van der Waals surface area contributed by atoms with Crippen LogP contribution in [0.15, 0.2) is 42.6 Å². The number of aliphatic hydroxyl groups is 1. The van der Waals surface area contributed by atoms with Gasteiger partial charge in [-0.3, -0.25) is 9.78 Å². The van der Waals surface area contributed by atoms with Crippen LogP contribution >= 0.6 is 23.2 Å². The zero-order valence-corrected chi connectivity index (χ0v) is 15.2. The molecule has 1 saturated carbocycles. The fourth-order valence-corrected chi connectivity index (χ4v) is 3.45. The van der Waals surface area contributed by atoms with E-state index in [1.165, 1.54) is 0 Å². The molecule has 0 bridgehead atoms. The smallest absolute Gasteiger partial charge is 0.224 e. The van der Waals surface area contributed by atoms with Gasteiger partial charge in [-0.15, -0.1) is 0 Å². The van der Waals surface area contributed by atoms with Crippen molar-refractivity contribution in [2.45, 2.75) is 37.8 Å². The van der Waals surface area contributed by atoms with E-state index in [1.54, 1.807) is 24.4 Å². The largest absolute Gasteiger partial charge is 0.393 e. The lowest BCUT2D eigenvalue weighted by atomic mass is 9.76. The highest BCUT2D eigenvalue weighted by Gasteiger charge is 2.34. The summed E-state index contributed by atoms with van der Waals surface area (Å²) < 4.78 is 0. The Morgan fingerprint density at radius 3 is 2.68 bits per heavy atom. The summed E-state index contributed by atoms with van der Waals surface area (Å²) in [5.41, 5.74) is 1.75. The van der Waals surface area contributed by atoms with Crippen LogP contribution in [0, 0.1) is 5.92 Å². The predicted molar refractivity (Wildman–Crippen MR) is 98.8 cm³/mol. The number of nitrogens with one attached hydrogen (secondary N) is 1. The third-order valence-electron chi connectivity index (χ3n) is 4.57. The van der Waals surface area contributed by atoms with Gasteiger partial charge in [0.25, 0.3) is 0 Å². The van der Waals surface area contributed by atoms with Gasteiger partial charge in [-0.2, -0.15) is 0 Å². The summed E-state index contributed by atoms with van der Waals surface area (Å²) in [6.07, 6.45) is 3.81. The quantitative estimate of drug-likeness (QED) is 0.809. The monoisotopic (exact) mass is 378 g/mol. The fourth-order valence-electron chi connectivity index (χ4n) is 3.13. The maximum absolute atomic E-state index is 12.5. The van der Waals surface area contributed by atoms with Crippen molar-refractivity contribution >= 4 is 29.1 Å². The first-order valence-electron chi connectivity index (χ1n) is 8.32. The molecule has 0 aliphatic heterocycles. The third-order valence-corrected chi connectivity index (χ3v) is 5.31. The SMILES string of the molecule is O=C(Cc1ccc(Cl)c(Cl)c1)N[C@@H](Cc1ccccn1)C1CC(O)C1. The number of halogens is 2. The van der Waals surface area contributed by atoms with Crippen LogP contribution in [0.1, 0.15) is 24.1 Å². The van der Waals surface area contributed by atoms with E-state index in [0.717, 1.165) is 11.3 Å². The molecule has 1 fully saturated rings. The molecular formula is C19H20Cl2N2O2. The number of rotatable bonds is 6.